The molecule has 3 unspecified atom stereocenters. The van der Waals surface area contributed by atoms with Crippen LogP contribution < -0.4 is 0 Å². The van der Waals surface area contributed by atoms with Crippen LogP contribution in [0, 0.1) is 17.3 Å². The summed E-state index contributed by atoms with van der Waals surface area (Å²) in [5, 5.41) is 2.09. The summed E-state index contributed by atoms with van der Waals surface area (Å²) in [5.74, 6) is 1.61. The van der Waals surface area contributed by atoms with Crippen molar-refractivity contribution in [3.05, 3.63) is 23.5 Å². The summed E-state index contributed by atoms with van der Waals surface area (Å²) < 4.78 is 2.14. The van der Waals surface area contributed by atoms with Gasteiger partial charge in [-0.2, -0.15) is 0 Å². The summed E-state index contributed by atoms with van der Waals surface area (Å²) in [6, 6.07) is 0. The van der Waals surface area contributed by atoms with Crippen LogP contribution in [0.1, 0.15) is 45.7 Å². The molecule has 0 spiro atoms. The molecule has 20 heavy (non-hydrogen) atoms. The summed E-state index contributed by atoms with van der Waals surface area (Å²) in [5.41, 5.74) is 1.54. The number of hydrogen-bond acceptors (Lipinski definition) is 2. The fourth-order valence-corrected chi connectivity index (χ4v) is 5.99. The van der Waals surface area contributed by atoms with Crippen molar-refractivity contribution in [1.29, 1.82) is 0 Å². The van der Waals surface area contributed by atoms with Crippen LogP contribution in [0.15, 0.2) is 17.8 Å². The molecule has 0 bridgehead atoms. The van der Waals surface area contributed by atoms with Crippen LogP contribution in [0.2, 0.25) is 0 Å². The van der Waals surface area contributed by atoms with Crippen molar-refractivity contribution in [1.82, 2.24) is 9.38 Å². The van der Waals surface area contributed by atoms with Crippen LogP contribution in [0.3, 0.4) is 0 Å². The van der Waals surface area contributed by atoms with E-state index in [9.17, 15) is 0 Å². The Morgan fingerprint density at radius 3 is 2.95 bits per heavy atom. The largest absolute Gasteiger partial charge is 0.297 e. The molecule has 1 fully saturated rings. The van der Waals surface area contributed by atoms with E-state index >= 15 is 0 Å². The number of hydrogen-bond donors (Lipinski definition) is 0. The van der Waals surface area contributed by atoms with Crippen molar-refractivity contribution in [2.45, 2.75) is 51.3 Å². The first-order valence-electron chi connectivity index (χ1n) is 7.51. The molecule has 2 aromatic rings. The molecular weight excluding hydrogens is 332 g/mol. The van der Waals surface area contributed by atoms with E-state index < -0.39 is 0 Å². The SMILES string of the molecule is CC1CCC(C(C)(C)Cc2cn3ccsc3n2)C(Br)C1. The average molecular weight is 355 g/mol. The predicted octanol–water partition coefficient (Wildman–Crippen LogP) is 5.16. The highest BCUT2D eigenvalue weighted by Crippen LogP contribution is 2.45. The maximum atomic E-state index is 4.76. The number of nitrogens with zero attached hydrogens (tertiary/aromatic N) is 2. The lowest BCUT2D eigenvalue weighted by molar-refractivity contribution is 0.146. The van der Waals surface area contributed by atoms with Gasteiger partial charge in [0.1, 0.15) is 0 Å². The first kappa shape index (κ1) is 14.6. The normalized spacial score (nSPS) is 28.1. The third kappa shape index (κ3) is 2.82. The van der Waals surface area contributed by atoms with E-state index in [0.29, 0.717) is 10.2 Å². The Morgan fingerprint density at radius 1 is 1.45 bits per heavy atom. The fourth-order valence-electron chi connectivity index (χ4n) is 3.65. The maximum absolute atomic E-state index is 4.76. The maximum Gasteiger partial charge on any atom is 0.193 e. The summed E-state index contributed by atoms with van der Waals surface area (Å²) in [6.07, 6.45) is 9.39. The first-order valence-corrected chi connectivity index (χ1v) is 9.30. The number of imidazole rings is 1. The molecule has 4 heteroatoms. The molecule has 1 aliphatic carbocycles. The summed E-state index contributed by atoms with van der Waals surface area (Å²) in [4.78, 5) is 6.53. The van der Waals surface area contributed by atoms with E-state index in [-0.39, 0.29) is 0 Å². The van der Waals surface area contributed by atoms with Gasteiger partial charge in [-0.1, -0.05) is 43.1 Å². The Hall–Kier alpha value is -0.350. The van der Waals surface area contributed by atoms with Crippen molar-refractivity contribution >= 4 is 32.2 Å². The molecule has 1 saturated carbocycles. The highest BCUT2D eigenvalue weighted by Gasteiger charge is 2.38. The van der Waals surface area contributed by atoms with Crippen LogP contribution in [0.25, 0.3) is 4.96 Å². The molecule has 2 heterocycles. The van der Waals surface area contributed by atoms with E-state index in [4.69, 9.17) is 4.98 Å². The van der Waals surface area contributed by atoms with E-state index in [1.807, 2.05) is 0 Å². The number of halogens is 1. The Labute approximate surface area is 133 Å². The molecular formula is C16H23BrN2S. The lowest BCUT2D eigenvalue weighted by atomic mass is 9.67. The summed E-state index contributed by atoms with van der Waals surface area (Å²) >= 11 is 5.66. The molecule has 0 amide bonds. The minimum atomic E-state index is 0.304. The smallest absolute Gasteiger partial charge is 0.193 e. The zero-order chi connectivity index (χ0) is 14.3. The number of aromatic nitrogens is 2. The topological polar surface area (TPSA) is 17.3 Å². The minimum Gasteiger partial charge on any atom is -0.297 e. The molecule has 0 aliphatic heterocycles. The lowest BCUT2D eigenvalue weighted by Crippen LogP contribution is -2.37. The van der Waals surface area contributed by atoms with Gasteiger partial charge in [0.25, 0.3) is 0 Å². The van der Waals surface area contributed by atoms with Crippen molar-refractivity contribution in [2.24, 2.45) is 17.3 Å². The summed E-state index contributed by atoms with van der Waals surface area (Å²) in [6.45, 7) is 7.20. The van der Waals surface area contributed by atoms with Crippen LogP contribution >= 0.6 is 27.3 Å². The van der Waals surface area contributed by atoms with Gasteiger partial charge in [-0.25, -0.2) is 4.98 Å². The average Bonchev–Trinajstić information content (AvgIpc) is 2.87. The van der Waals surface area contributed by atoms with Gasteiger partial charge in [0.2, 0.25) is 0 Å². The molecule has 0 N–H and O–H groups in total. The van der Waals surface area contributed by atoms with Gasteiger partial charge in [-0.15, -0.1) is 11.3 Å². The molecule has 1 aliphatic rings. The Kier molecular flexibility index (Phi) is 3.97. The van der Waals surface area contributed by atoms with Crippen molar-refractivity contribution in [2.75, 3.05) is 0 Å². The van der Waals surface area contributed by atoms with Crippen LogP contribution in [0.4, 0.5) is 0 Å². The zero-order valence-electron chi connectivity index (χ0n) is 12.5. The highest BCUT2D eigenvalue weighted by atomic mass is 79.9. The van der Waals surface area contributed by atoms with Gasteiger partial charge in [0, 0.05) is 22.6 Å². The van der Waals surface area contributed by atoms with E-state index in [1.165, 1.54) is 25.0 Å². The molecule has 0 radical (unpaired) electrons. The minimum absolute atomic E-state index is 0.304. The number of rotatable bonds is 3. The van der Waals surface area contributed by atoms with Crippen LogP contribution in [0.5, 0.6) is 0 Å². The third-order valence-electron chi connectivity index (χ3n) is 4.82. The molecule has 0 aromatic carbocycles. The predicted molar refractivity (Wildman–Crippen MR) is 89.8 cm³/mol. The first-order chi connectivity index (χ1) is 9.45. The Morgan fingerprint density at radius 2 is 2.25 bits per heavy atom. The summed E-state index contributed by atoms with van der Waals surface area (Å²) in [7, 11) is 0. The molecule has 110 valence electrons. The van der Waals surface area contributed by atoms with E-state index in [0.717, 1.165) is 23.2 Å². The van der Waals surface area contributed by atoms with Crippen molar-refractivity contribution in [3.8, 4) is 0 Å². The number of thiazole rings is 1. The van der Waals surface area contributed by atoms with Gasteiger partial charge in [0.15, 0.2) is 4.96 Å². The van der Waals surface area contributed by atoms with Crippen molar-refractivity contribution in [3.63, 3.8) is 0 Å². The van der Waals surface area contributed by atoms with E-state index in [2.05, 4.69) is 58.9 Å². The second kappa shape index (κ2) is 5.45. The van der Waals surface area contributed by atoms with Gasteiger partial charge in [-0.3, -0.25) is 4.40 Å². The van der Waals surface area contributed by atoms with Gasteiger partial charge < -0.3 is 0 Å². The quantitative estimate of drug-likeness (QED) is 0.695. The standard InChI is InChI=1S/C16H23BrN2S/c1-11-4-5-13(14(17)8-11)16(2,3)9-12-10-19-6-7-20-15(19)18-12/h6-7,10-11,13-14H,4-5,8-9H2,1-3H3. The molecule has 2 aromatic heterocycles. The molecule has 3 atom stereocenters. The molecule has 3 rings (SSSR count). The second-order valence-electron chi connectivity index (χ2n) is 7.03. The van der Waals surface area contributed by atoms with Crippen molar-refractivity contribution < 1.29 is 0 Å². The number of alkyl halides is 1. The van der Waals surface area contributed by atoms with E-state index in [1.54, 1.807) is 11.3 Å². The lowest BCUT2D eigenvalue weighted by Gasteiger charge is -2.42. The zero-order valence-corrected chi connectivity index (χ0v) is 14.9. The Balaban J connectivity index is 1.75. The van der Waals surface area contributed by atoms with Gasteiger partial charge in [0.05, 0.1) is 5.69 Å². The van der Waals surface area contributed by atoms with Gasteiger partial charge >= 0.3 is 0 Å². The highest BCUT2D eigenvalue weighted by molar-refractivity contribution is 9.09. The van der Waals surface area contributed by atoms with Crippen LogP contribution in [-0.4, -0.2) is 14.2 Å². The molecule has 2 nitrogen and oxygen atoms in total. The fraction of sp³-hybridized carbons (Fsp3) is 0.688. The monoisotopic (exact) mass is 354 g/mol. The number of fused-ring (bicyclic) bond motifs is 1. The Bertz CT molecular complexity index is 558. The molecule has 0 saturated heterocycles. The van der Waals surface area contributed by atoms with Crippen LogP contribution in [-0.2, 0) is 6.42 Å². The third-order valence-corrected chi connectivity index (χ3v) is 6.60. The second-order valence-corrected chi connectivity index (χ2v) is 9.08. The van der Waals surface area contributed by atoms with Gasteiger partial charge in [-0.05, 0) is 36.5 Å².